The molecule has 0 aliphatic heterocycles. The Labute approximate surface area is 107 Å². The number of hydrogen-bond acceptors (Lipinski definition) is 3. The second-order valence-electron chi connectivity index (χ2n) is 4.29. The van der Waals surface area contributed by atoms with Gasteiger partial charge in [-0.25, -0.2) is 4.39 Å². The summed E-state index contributed by atoms with van der Waals surface area (Å²) < 4.78 is 13.9. The van der Waals surface area contributed by atoms with E-state index in [-0.39, 0.29) is 11.7 Å². The molecule has 0 fully saturated rings. The lowest BCUT2D eigenvalue weighted by molar-refractivity contribution is 0.101. The molecule has 96 valence electrons. The molecule has 1 rings (SSSR count). The van der Waals surface area contributed by atoms with Gasteiger partial charge in [-0.1, -0.05) is 0 Å². The Morgan fingerprint density at radius 3 is 2.67 bits per heavy atom. The van der Waals surface area contributed by atoms with Gasteiger partial charge in [-0.05, 0) is 39.0 Å². The highest BCUT2D eigenvalue weighted by Crippen LogP contribution is 2.21. The summed E-state index contributed by atoms with van der Waals surface area (Å²) in [6.45, 7) is 6.20. The Morgan fingerprint density at radius 1 is 1.56 bits per heavy atom. The van der Waals surface area contributed by atoms with Crippen LogP contribution in [0.1, 0.15) is 31.1 Å². The molecule has 0 aromatic heterocycles. The minimum atomic E-state index is -0.422. The summed E-state index contributed by atoms with van der Waals surface area (Å²) in [5.41, 5.74) is 0.797. The largest absolute Gasteiger partial charge is 0.368 e. The molecular weight excluding hydrogens is 231 g/mol. The smallest absolute Gasteiger partial charge is 0.159 e. The van der Waals surface area contributed by atoms with Gasteiger partial charge >= 0.3 is 0 Å². The highest BCUT2D eigenvalue weighted by Gasteiger charge is 2.14. The van der Waals surface area contributed by atoms with Gasteiger partial charge in [0.15, 0.2) is 5.78 Å². The molecule has 0 heterocycles. The molecule has 0 radical (unpaired) electrons. The zero-order chi connectivity index (χ0) is 13.7. The lowest BCUT2D eigenvalue weighted by atomic mass is 10.1. The number of nitriles is 1. The van der Waals surface area contributed by atoms with Gasteiger partial charge in [-0.2, -0.15) is 5.26 Å². The number of nitrogens with zero attached hydrogens (tertiary/aromatic N) is 2. The summed E-state index contributed by atoms with van der Waals surface area (Å²) >= 11 is 0. The van der Waals surface area contributed by atoms with Crippen LogP contribution < -0.4 is 4.90 Å². The number of rotatable bonds is 5. The van der Waals surface area contributed by atoms with Crippen LogP contribution in [0.5, 0.6) is 0 Å². The average molecular weight is 248 g/mol. The summed E-state index contributed by atoms with van der Waals surface area (Å²) in [5.74, 6) is -0.750. The third-order valence-electron chi connectivity index (χ3n) is 2.79. The summed E-state index contributed by atoms with van der Waals surface area (Å²) in [7, 11) is 0. The molecule has 1 aromatic rings. The monoisotopic (exact) mass is 248 g/mol. The zero-order valence-corrected chi connectivity index (χ0v) is 10.9. The minimum absolute atomic E-state index is 0.158. The summed E-state index contributed by atoms with van der Waals surface area (Å²) in [6.07, 6.45) is 0. The van der Waals surface area contributed by atoms with Gasteiger partial charge in [0.1, 0.15) is 5.82 Å². The molecule has 0 saturated heterocycles. The standard InChI is InChI=1S/C14H17FN2O/c1-4-17(9-10(2)8-16)14-6-5-12(11(3)18)7-13(14)15/h5-7,10H,4,9H2,1-3H3. The summed E-state index contributed by atoms with van der Waals surface area (Å²) in [5, 5.41) is 8.80. The van der Waals surface area contributed by atoms with Crippen molar-refractivity contribution in [1.29, 1.82) is 5.26 Å². The molecule has 0 aliphatic carbocycles. The van der Waals surface area contributed by atoms with Crippen molar-refractivity contribution in [3.8, 4) is 6.07 Å². The minimum Gasteiger partial charge on any atom is -0.368 e. The van der Waals surface area contributed by atoms with Crippen molar-refractivity contribution in [1.82, 2.24) is 0 Å². The first-order chi connectivity index (χ1) is 8.49. The second kappa shape index (κ2) is 6.15. The first kappa shape index (κ1) is 14.2. The lowest BCUT2D eigenvalue weighted by Gasteiger charge is -2.24. The summed E-state index contributed by atoms with van der Waals surface area (Å²) in [4.78, 5) is 12.9. The van der Waals surface area contributed by atoms with Gasteiger partial charge in [-0.15, -0.1) is 0 Å². The van der Waals surface area contributed by atoms with Crippen LogP contribution in [0.2, 0.25) is 0 Å². The van der Waals surface area contributed by atoms with Gasteiger partial charge in [0.05, 0.1) is 17.7 Å². The number of anilines is 1. The quantitative estimate of drug-likeness (QED) is 0.752. The molecular formula is C14H17FN2O. The zero-order valence-electron chi connectivity index (χ0n) is 10.9. The van der Waals surface area contributed by atoms with Gasteiger partial charge < -0.3 is 4.90 Å². The topological polar surface area (TPSA) is 44.1 Å². The van der Waals surface area contributed by atoms with Crippen LogP contribution in [0.3, 0.4) is 0 Å². The molecule has 0 N–H and O–H groups in total. The van der Waals surface area contributed by atoms with Crippen molar-refractivity contribution >= 4 is 11.5 Å². The first-order valence-corrected chi connectivity index (χ1v) is 5.94. The Kier molecular flexibility index (Phi) is 4.85. The average Bonchev–Trinajstić information content (AvgIpc) is 2.35. The number of Topliss-reactive ketones (excluding diaryl/α,β-unsaturated/α-hetero) is 1. The fourth-order valence-electron chi connectivity index (χ4n) is 1.75. The normalized spacial score (nSPS) is 11.7. The van der Waals surface area contributed by atoms with Crippen LogP contribution in [-0.2, 0) is 0 Å². The van der Waals surface area contributed by atoms with E-state index >= 15 is 0 Å². The molecule has 3 nitrogen and oxygen atoms in total. The van der Waals surface area contributed by atoms with E-state index < -0.39 is 5.82 Å². The third kappa shape index (κ3) is 3.30. The van der Waals surface area contributed by atoms with E-state index in [1.807, 2.05) is 6.92 Å². The highest BCUT2D eigenvalue weighted by atomic mass is 19.1. The third-order valence-corrected chi connectivity index (χ3v) is 2.79. The van der Waals surface area contributed by atoms with E-state index in [2.05, 4.69) is 6.07 Å². The van der Waals surface area contributed by atoms with Crippen molar-refractivity contribution in [2.75, 3.05) is 18.0 Å². The Hall–Kier alpha value is -1.89. The number of hydrogen-bond donors (Lipinski definition) is 0. The number of carbonyl (C=O) groups excluding carboxylic acids is 1. The van der Waals surface area contributed by atoms with E-state index in [0.29, 0.717) is 24.3 Å². The number of benzene rings is 1. The maximum Gasteiger partial charge on any atom is 0.159 e. The van der Waals surface area contributed by atoms with Crippen molar-refractivity contribution in [3.05, 3.63) is 29.6 Å². The molecule has 1 unspecified atom stereocenters. The highest BCUT2D eigenvalue weighted by molar-refractivity contribution is 5.94. The van der Waals surface area contributed by atoms with Crippen LogP contribution >= 0.6 is 0 Å². The van der Waals surface area contributed by atoms with Gasteiger partial charge in [0.25, 0.3) is 0 Å². The van der Waals surface area contributed by atoms with Crippen molar-refractivity contribution in [3.63, 3.8) is 0 Å². The van der Waals surface area contributed by atoms with Crippen LogP contribution in [0.4, 0.5) is 10.1 Å². The Morgan fingerprint density at radius 2 is 2.22 bits per heavy atom. The molecule has 4 heteroatoms. The predicted octanol–water partition coefficient (Wildman–Crippen LogP) is 3.01. The molecule has 1 aromatic carbocycles. The molecule has 0 aliphatic rings. The molecule has 0 spiro atoms. The Bertz CT molecular complexity index is 479. The number of halogens is 1. The lowest BCUT2D eigenvalue weighted by Crippen LogP contribution is -2.28. The maximum atomic E-state index is 13.9. The Balaban J connectivity index is 3.00. The van der Waals surface area contributed by atoms with Crippen LogP contribution in [0.25, 0.3) is 0 Å². The van der Waals surface area contributed by atoms with E-state index in [4.69, 9.17) is 5.26 Å². The van der Waals surface area contributed by atoms with E-state index in [9.17, 15) is 9.18 Å². The maximum absolute atomic E-state index is 13.9. The molecule has 18 heavy (non-hydrogen) atoms. The summed E-state index contributed by atoms with van der Waals surface area (Å²) in [6, 6.07) is 6.59. The van der Waals surface area contributed by atoms with E-state index in [1.165, 1.54) is 13.0 Å². The van der Waals surface area contributed by atoms with Gasteiger partial charge in [0, 0.05) is 18.7 Å². The van der Waals surface area contributed by atoms with Crippen LogP contribution in [-0.4, -0.2) is 18.9 Å². The van der Waals surface area contributed by atoms with Crippen LogP contribution in [0, 0.1) is 23.1 Å². The van der Waals surface area contributed by atoms with Crippen molar-refractivity contribution in [2.24, 2.45) is 5.92 Å². The molecule has 0 saturated carbocycles. The fraction of sp³-hybridized carbons (Fsp3) is 0.429. The van der Waals surface area contributed by atoms with Crippen molar-refractivity contribution < 1.29 is 9.18 Å². The van der Waals surface area contributed by atoms with E-state index in [1.54, 1.807) is 24.0 Å². The second-order valence-corrected chi connectivity index (χ2v) is 4.29. The molecule has 0 bridgehead atoms. The van der Waals surface area contributed by atoms with Gasteiger partial charge in [-0.3, -0.25) is 4.79 Å². The van der Waals surface area contributed by atoms with Crippen LogP contribution in [0.15, 0.2) is 18.2 Å². The number of ketones is 1. The van der Waals surface area contributed by atoms with Crippen molar-refractivity contribution in [2.45, 2.75) is 20.8 Å². The fourth-order valence-corrected chi connectivity index (χ4v) is 1.75. The SMILES string of the molecule is CCN(CC(C)C#N)c1ccc(C(C)=O)cc1F. The molecule has 0 amide bonds. The number of carbonyl (C=O) groups is 1. The molecule has 1 atom stereocenters. The first-order valence-electron chi connectivity index (χ1n) is 5.94. The van der Waals surface area contributed by atoms with E-state index in [0.717, 1.165) is 0 Å². The predicted molar refractivity (Wildman–Crippen MR) is 69.1 cm³/mol. The van der Waals surface area contributed by atoms with Gasteiger partial charge in [0.2, 0.25) is 0 Å².